The van der Waals surface area contributed by atoms with Crippen molar-refractivity contribution in [3.63, 3.8) is 0 Å². The predicted molar refractivity (Wildman–Crippen MR) is 157 cm³/mol. The summed E-state index contributed by atoms with van der Waals surface area (Å²) in [7, 11) is -2.14. The molecule has 0 aliphatic carbocycles. The summed E-state index contributed by atoms with van der Waals surface area (Å²) in [5.74, 6) is -0.237. The molecule has 4 rings (SSSR count). The molecule has 1 unspecified atom stereocenters. The highest BCUT2D eigenvalue weighted by Gasteiger charge is 2.27. The van der Waals surface area contributed by atoms with Crippen LogP contribution in [0.5, 0.6) is 0 Å². The lowest BCUT2D eigenvalue weighted by molar-refractivity contribution is 0.0978. The number of hydrogen-bond acceptors (Lipinski definition) is 7. The molecule has 12 heteroatoms. The molecule has 1 fully saturated rings. The van der Waals surface area contributed by atoms with Crippen molar-refractivity contribution in [3.8, 4) is 0 Å². The van der Waals surface area contributed by atoms with Crippen molar-refractivity contribution in [1.82, 2.24) is 14.2 Å². The summed E-state index contributed by atoms with van der Waals surface area (Å²) >= 11 is 7.76. The molecule has 0 saturated carbocycles. The third kappa shape index (κ3) is 6.85. The SMILES string of the molecule is CCN(CC)CCN(C(=O)c1ccc(S(=O)(=O)N(C)CC2CCCO2)cc1)c1nc2c(Cl)cccc2s1.Cl. The Balaban J connectivity index is 0.00000400. The summed E-state index contributed by atoms with van der Waals surface area (Å²) in [5, 5.41) is 1.10. The third-order valence-electron chi connectivity index (χ3n) is 6.66. The molecular formula is C26H34Cl2N4O4S2. The van der Waals surface area contributed by atoms with Gasteiger partial charge in [-0.15, -0.1) is 12.4 Å². The highest BCUT2D eigenvalue weighted by Crippen LogP contribution is 2.33. The largest absolute Gasteiger partial charge is 0.377 e. The fraction of sp³-hybridized carbons (Fsp3) is 0.462. The summed E-state index contributed by atoms with van der Waals surface area (Å²) in [5.41, 5.74) is 1.06. The molecule has 0 N–H and O–H groups in total. The molecular weight excluding hydrogens is 567 g/mol. The van der Waals surface area contributed by atoms with Gasteiger partial charge in [0, 0.05) is 38.9 Å². The Labute approximate surface area is 240 Å². The Morgan fingerprint density at radius 2 is 1.84 bits per heavy atom. The van der Waals surface area contributed by atoms with E-state index in [0.29, 0.717) is 47.5 Å². The van der Waals surface area contributed by atoms with E-state index in [-0.39, 0.29) is 29.3 Å². The van der Waals surface area contributed by atoms with E-state index in [2.05, 4.69) is 23.7 Å². The van der Waals surface area contributed by atoms with Crippen molar-refractivity contribution in [3.05, 3.63) is 53.1 Å². The summed E-state index contributed by atoms with van der Waals surface area (Å²) in [6.45, 7) is 8.02. The summed E-state index contributed by atoms with van der Waals surface area (Å²) in [4.78, 5) is 22.4. The van der Waals surface area contributed by atoms with E-state index in [1.54, 1.807) is 30.1 Å². The molecule has 1 saturated heterocycles. The van der Waals surface area contributed by atoms with Crippen LogP contribution in [-0.2, 0) is 14.8 Å². The molecule has 1 aliphatic rings. The zero-order valence-corrected chi connectivity index (χ0v) is 25.0. The Hall–Kier alpha value is -1.79. The van der Waals surface area contributed by atoms with Crippen molar-refractivity contribution >= 4 is 66.6 Å². The molecule has 38 heavy (non-hydrogen) atoms. The minimum Gasteiger partial charge on any atom is -0.377 e. The van der Waals surface area contributed by atoms with E-state index in [9.17, 15) is 13.2 Å². The van der Waals surface area contributed by atoms with Crippen LogP contribution >= 0.6 is 35.3 Å². The molecule has 0 spiro atoms. The van der Waals surface area contributed by atoms with Crippen molar-refractivity contribution in [1.29, 1.82) is 0 Å². The molecule has 2 aromatic carbocycles. The van der Waals surface area contributed by atoms with Gasteiger partial charge < -0.3 is 9.64 Å². The number of benzene rings is 2. The minimum atomic E-state index is -3.69. The van der Waals surface area contributed by atoms with E-state index < -0.39 is 10.0 Å². The Morgan fingerprint density at radius 3 is 2.45 bits per heavy atom. The van der Waals surface area contributed by atoms with Gasteiger partial charge >= 0.3 is 0 Å². The molecule has 1 amide bonds. The first-order chi connectivity index (χ1) is 17.7. The molecule has 3 aromatic rings. The standard InChI is InChI=1S/C26H33ClN4O4S2.ClH/c1-4-30(5-2)15-16-31(26-28-24-22(27)9-6-10-23(24)36-26)25(32)19-11-13-21(14-12-19)37(33,34)29(3)18-20-8-7-17-35-20;/h6,9-14,20H,4-5,7-8,15-18H2,1-3H3;1H. The van der Waals surface area contributed by atoms with Gasteiger partial charge in [-0.05, 0) is 62.3 Å². The lowest BCUT2D eigenvalue weighted by Gasteiger charge is -2.25. The maximum Gasteiger partial charge on any atom is 0.260 e. The Morgan fingerprint density at radius 1 is 1.13 bits per heavy atom. The van der Waals surface area contributed by atoms with Gasteiger partial charge in [-0.1, -0.05) is 42.9 Å². The van der Waals surface area contributed by atoms with E-state index in [1.807, 2.05) is 12.1 Å². The molecule has 2 heterocycles. The number of anilines is 1. The number of aromatic nitrogens is 1. The molecule has 1 atom stereocenters. The number of carbonyl (C=O) groups excluding carboxylic acids is 1. The maximum atomic E-state index is 13.7. The lowest BCUT2D eigenvalue weighted by atomic mass is 10.2. The second-order valence-corrected chi connectivity index (χ2v) is 12.5. The summed E-state index contributed by atoms with van der Waals surface area (Å²) in [6, 6.07) is 11.7. The molecule has 208 valence electrons. The number of thiazole rings is 1. The summed E-state index contributed by atoms with van der Waals surface area (Å²) in [6.07, 6.45) is 1.72. The fourth-order valence-corrected chi connectivity index (χ4v) is 6.85. The number of fused-ring (bicyclic) bond motifs is 1. The number of para-hydroxylation sites is 1. The molecule has 1 aromatic heterocycles. The van der Waals surface area contributed by atoms with Crippen LogP contribution in [0.1, 0.15) is 37.0 Å². The first kappa shape index (κ1) is 30.7. The first-order valence-electron chi connectivity index (χ1n) is 12.5. The number of halogens is 2. The number of carbonyl (C=O) groups is 1. The van der Waals surface area contributed by atoms with Crippen molar-refractivity contribution in [2.75, 3.05) is 51.3 Å². The highest BCUT2D eigenvalue weighted by atomic mass is 35.5. The van der Waals surface area contributed by atoms with E-state index >= 15 is 0 Å². The molecule has 8 nitrogen and oxygen atoms in total. The highest BCUT2D eigenvalue weighted by molar-refractivity contribution is 7.89. The smallest absolute Gasteiger partial charge is 0.260 e. The average molecular weight is 602 g/mol. The van der Waals surface area contributed by atoms with Crippen LogP contribution in [0.25, 0.3) is 10.2 Å². The van der Waals surface area contributed by atoms with Crippen molar-refractivity contribution < 1.29 is 17.9 Å². The zero-order valence-electron chi connectivity index (χ0n) is 21.8. The van der Waals surface area contributed by atoms with Crippen LogP contribution in [0.15, 0.2) is 47.4 Å². The predicted octanol–water partition coefficient (Wildman–Crippen LogP) is 5.16. The number of likely N-dealkylation sites (N-methyl/N-ethyl adjacent to an activating group) is 2. The van der Waals surface area contributed by atoms with E-state index in [0.717, 1.165) is 30.6 Å². The zero-order chi connectivity index (χ0) is 26.6. The van der Waals surface area contributed by atoms with Crippen LogP contribution in [0.3, 0.4) is 0 Å². The van der Waals surface area contributed by atoms with Gasteiger partial charge in [0.1, 0.15) is 5.52 Å². The van der Waals surface area contributed by atoms with E-state index in [1.165, 1.54) is 27.8 Å². The number of hydrogen-bond donors (Lipinski definition) is 0. The monoisotopic (exact) mass is 600 g/mol. The van der Waals surface area contributed by atoms with Gasteiger partial charge in [0.15, 0.2) is 5.13 Å². The van der Waals surface area contributed by atoms with Crippen LogP contribution in [0, 0.1) is 0 Å². The second-order valence-electron chi connectivity index (χ2n) is 9.01. The second kappa shape index (κ2) is 13.5. The fourth-order valence-electron chi connectivity index (χ4n) is 4.36. The number of ether oxygens (including phenoxy) is 1. The van der Waals surface area contributed by atoms with Gasteiger partial charge in [-0.2, -0.15) is 4.31 Å². The normalized spacial score (nSPS) is 15.8. The van der Waals surface area contributed by atoms with Crippen LogP contribution in [0.4, 0.5) is 5.13 Å². The first-order valence-corrected chi connectivity index (χ1v) is 15.1. The lowest BCUT2D eigenvalue weighted by Crippen LogP contribution is -2.39. The van der Waals surface area contributed by atoms with Gasteiger partial charge in [-0.3, -0.25) is 9.69 Å². The topological polar surface area (TPSA) is 83.1 Å². The molecule has 0 bridgehead atoms. The number of rotatable bonds is 11. The summed E-state index contributed by atoms with van der Waals surface area (Å²) < 4.78 is 34.0. The van der Waals surface area contributed by atoms with Crippen LogP contribution in [0.2, 0.25) is 5.02 Å². The van der Waals surface area contributed by atoms with Crippen LogP contribution in [-0.4, -0.2) is 81.0 Å². The van der Waals surface area contributed by atoms with Gasteiger partial charge in [0.25, 0.3) is 5.91 Å². The maximum absolute atomic E-state index is 13.7. The van der Waals surface area contributed by atoms with Crippen molar-refractivity contribution in [2.45, 2.75) is 37.7 Å². The number of nitrogens with zero attached hydrogens (tertiary/aromatic N) is 4. The van der Waals surface area contributed by atoms with Gasteiger partial charge in [0.2, 0.25) is 10.0 Å². The third-order valence-corrected chi connectivity index (χ3v) is 9.85. The molecule has 0 radical (unpaired) electrons. The van der Waals surface area contributed by atoms with Gasteiger partial charge in [0.05, 0.1) is 20.7 Å². The minimum absolute atomic E-state index is 0. The number of amides is 1. The quantitative estimate of drug-likeness (QED) is 0.302. The number of sulfonamides is 1. The van der Waals surface area contributed by atoms with E-state index in [4.69, 9.17) is 16.3 Å². The van der Waals surface area contributed by atoms with Gasteiger partial charge in [-0.25, -0.2) is 13.4 Å². The van der Waals surface area contributed by atoms with Crippen molar-refractivity contribution in [2.24, 2.45) is 0 Å². The Bertz CT molecular complexity index is 1320. The molecule has 1 aliphatic heterocycles. The van der Waals surface area contributed by atoms with Crippen LogP contribution < -0.4 is 4.90 Å². The average Bonchev–Trinajstić information content (AvgIpc) is 3.57. The Kier molecular flexibility index (Phi) is 10.9.